The zero-order valence-corrected chi connectivity index (χ0v) is 24.7. The second-order valence-corrected chi connectivity index (χ2v) is 13.7. The third-order valence-corrected chi connectivity index (χ3v) is 10.8. The number of allylic oxidation sites excluding steroid dienone is 3. The largest absolute Gasteiger partial charge is 0.458 e. The fourth-order valence-corrected chi connectivity index (χ4v) is 8.66. The number of hydrogen-bond donors (Lipinski definition) is 3. The Morgan fingerprint density at radius 2 is 1.85 bits per heavy atom. The maximum atomic E-state index is 12.4. The Kier molecular flexibility index (Phi) is 9.66. The van der Waals surface area contributed by atoms with Crippen molar-refractivity contribution in [3.8, 4) is 0 Å². The lowest BCUT2D eigenvalue weighted by molar-refractivity contribution is -0.140. The first-order valence-electron chi connectivity index (χ1n) is 15.4. The molecule has 5 heteroatoms. The highest BCUT2D eigenvalue weighted by molar-refractivity contribution is 5.90. The summed E-state index contributed by atoms with van der Waals surface area (Å²) in [5.41, 5.74) is 4.03. The van der Waals surface area contributed by atoms with E-state index in [4.69, 9.17) is 4.74 Å². The van der Waals surface area contributed by atoms with E-state index in [0.29, 0.717) is 54.1 Å². The van der Waals surface area contributed by atoms with Crippen LogP contribution in [0.4, 0.5) is 0 Å². The lowest BCUT2D eigenvalue weighted by Gasteiger charge is -2.45. The quantitative estimate of drug-likeness (QED) is 0.236. The molecule has 39 heavy (non-hydrogen) atoms. The molecule has 9 atom stereocenters. The van der Waals surface area contributed by atoms with Crippen LogP contribution in [0.25, 0.3) is 0 Å². The monoisotopic (exact) mass is 540 g/mol. The van der Waals surface area contributed by atoms with Crippen LogP contribution in [-0.4, -0.2) is 46.2 Å². The molecule has 3 saturated carbocycles. The van der Waals surface area contributed by atoms with Gasteiger partial charge in [-0.05, 0) is 104 Å². The molecule has 0 radical (unpaired) electrons. The SMILES string of the molecule is C=C1/C(=C\C=C2/CCC[C@]3(C)[C@@H]([C@H](C)C[C@H]4OC(=O)C(=C)[C@H]4CC(C)C)CC[C@@H]23)C[C@@H](O)[C@H](CCCO)[C@@H]1O. The molecule has 0 bridgehead atoms. The van der Waals surface area contributed by atoms with E-state index in [2.05, 4.69) is 53.0 Å². The van der Waals surface area contributed by atoms with Crippen molar-refractivity contribution >= 4 is 5.97 Å². The van der Waals surface area contributed by atoms with Crippen LogP contribution in [0.3, 0.4) is 0 Å². The number of cyclic esters (lactones) is 1. The van der Waals surface area contributed by atoms with Crippen LogP contribution in [0.1, 0.15) is 91.9 Å². The van der Waals surface area contributed by atoms with Crippen LogP contribution in [0, 0.1) is 40.9 Å². The van der Waals surface area contributed by atoms with E-state index >= 15 is 0 Å². The van der Waals surface area contributed by atoms with Crippen molar-refractivity contribution in [2.45, 2.75) is 110 Å². The van der Waals surface area contributed by atoms with Crippen molar-refractivity contribution in [1.82, 2.24) is 0 Å². The minimum Gasteiger partial charge on any atom is -0.458 e. The van der Waals surface area contributed by atoms with Gasteiger partial charge in [-0.15, -0.1) is 0 Å². The van der Waals surface area contributed by atoms with Gasteiger partial charge in [-0.2, -0.15) is 0 Å². The summed E-state index contributed by atoms with van der Waals surface area (Å²) in [6.07, 6.45) is 12.3. The molecule has 1 saturated heterocycles. The van der Waals surface area contributed by atoms with E-state index in [9.17, 15) is 20.1 Å². The van der Waals surface area contributed by atoms with Gasteiger partial charge in [-0.25, -0.2) is 4.79 Å². The Balaban J connectivity index is 1.46. The number of rotatable bonds is 9. The van der Waals surface area contributed by atoms with Gasteiger partial charge in [0.15, 0.2) is 0 Å². The molecular weight excluding hydrogens is 488 g/mol. The number of aliphatic hydroxyl groups is 3. The maximum Gasteiger partial charge on any atom is 0.334 e. The number of fused-ring (bicyclic) bond motifs is 1. The van der Waals surface area contributed by atoms with Gasteiger partial charge in [0.25, 0.3) is 0 Å². The fourth-order valence-electron chi connectivity index (χ4n) is 8.66. The minimum atomic E-state index is -0.765. The minimum absolute atomic E-state index is 0.0511. The number of esters is 1. The molecule has 4 aliphatic rings. The van der Waals surface area contributed by atoms with Crippen LogP contribution < -0.4 is 0 Å². The van der Waals surface area contributed by atoms with E-state index in [1.165, 1.54) is 31.3 Å². The molecule has 218 valence electrons. The number of aliphatic hydroxyl groups excluding tert-OH is 3. The zero-order chi connectivity index (χ0) is 28.5. The number of hydrogen-bond acceptors (Lipinski definition) is 5. The summed E-state index contributed by atoms with van der Waals surface area (Å²) in [4.78, 5) is 12.4. The van der Waals surface area contributed by atoms with Crippen molar-refractivity contribution < 1.29 is 24.9 Å². The summed E-state index contributed by atoms with van der Waals surface area (Å²) in [5.74, 6) is 1.76. The predicted molar refractivity (Wildman–Crippen MR) is 156 cm³/mol. The summed E-state index contributed by atoms with van der Waals surface area (Å²) >= 11 is 0. The van der Waals surface area contributed by atoms with Crippen molar-refractivity contribution in [1.29, 1.82) is 0 Å². The average molecular weight is 541 g/mol. The average Bonchev–Trinajstić information content (AvgIpc) is 3.36. The highest BCUT2D eigenvalue weighted by atomic mass is 16.6. The molecular formula is C34H52O5. The topological polar surface area (TPSA) is 87.0 Å². The van der Waals surface area contributed by atoms with E-state index in [1.54, 1.807) is 0 Å². The van der Waals surface area contributed by atoms with Gasteiger partial charge < -0.3 is 20.1 Å². The van der Waals surface area contributed by atoms with Crippen LogP contribution in [0.15, 0.2) is 47.6 Å². The Labute approximate surface area is 236 Å². The van der Waals surface area contributed by atoms with Crippen molar-refractivity contribution in [2.75, 3.05) is 6.61 Å². The Morgan fingerprint density at radius 1 is 1.10 bits per heavy atom. The molecule has 3 N–H and O–H groups in total. The van der Waals surface area contributed by atoms with E-state index in [0.717, 1.165) is 24.8 Å². The first kappa shape index (κ1) is 30.3. The van der Waals surface area contributed by atoms with Gasteiger partial charge >= 0.3 is 5.97 Å². The summed E-state index contributed by atoms with van der Waals surface area (Å²) < 4.78 is 5.85. The molecule has 0 aromatic heterocycles. The van der Waals surface area contributed by atoms with Gasteiger partial charge in [-0.3, -0.25) is 0 Å². The first-order valence-corrected chi connectivity index (χ1v) is 15.4. The summed E-state index contributed by atoms with van der Waals surface area (Å²) in [5, 5.41) is 30.7. The molecule has 0 aromatic carbocycles. The standard InChI is InChI=1S/C34H52O5/c1-20(2)17-27-23(5)33(38)39-31(27)18-21(3)28-13-14-29-24(9-7-15-34(28,29)6)11-12-25-19-30(36)26(10-8-16-35)32(37)22(25)4/h11-12,20-21,26-32,35-37H,4-5,7-10,13-19H2,1-3,6H3/b24-11+,25-12-/t21-,26+,27-,28-,29+,30-,31-,32-,34-/m1/s1. The lowest BCUT2D eigenvalue weighted by atomic mass is 9.60. The number of carbonyl (C=O) groups is 1. The first-order chi connectivity index (χ1) is 18.5. The molecule has 4 fully saturated rings. The third-order valence-electron chi connectivity index (χ3n) is 10.8. The van der Waals surface area contributed by atoms with Crippen molar-refractivity contribution in [3.05, 3.63) is 47.6 Å². The molecule has 0 unspecified atom stereocenters. The molecule has 5 nitrogen and oxygen atoms in total. The van der Waals surface area contributed by atoms with Crippen molar-refractivity contribution in [3.63, 3.8) is 0 Å². The summed E-state index contributed by atoms with van der Waals surface area (Å²) in [6, 6.07) is 0. The maximum absolute atomic E-state index is 12.4. The van der Waals surface area contributed by atoms with E-state index in [1.807, 2.05) is 0 Å². The molecule has 4 rings (SSSR count). The van der Waals surface area contributed by atoms with Gasteiger partial charge in [0.05, 0.1) is 12.2 Å². The second kappa shape index (κ2) is 12.4. The van der Waals surface area contributed by atoms with Crippen molar-refractivity contribution in [2.24, 2.45) is 40.9 Å². The van der Waals surface area contributed by atoms with Gasteiger partial charge in [-0.1, -0.05) is 58.6 Å². The zero-order valence-electron chi connectivity index (χ0n) is 24.7. The summed E-state index contributed by atoms with van der Waals surface area (Å²) in [7, 11) is 0. The lowest BCUT2D eigenvalue weighted by Crippen LogP contribution is -2.38. The van der Waals surface area contributed by atoms with Crippen LogP contribution in [0.2, 0.25) is 0 Å². The van der Waals surface area contributed by atoms with Crippen LogP contribution >= 0.6 is 0 Å². The van der Waals surface area contributed by atoms with Gasteiger partial charge in [0.2, 0.25) is 0 Å². The third kappa shape index (κ3) is 6.16. The highest BCUT2D eigenvalue weighted by Crippen LogP contribution is 2.60. The Morgan fingerprint density at radius 3 is 2.54 bits per heavy atom. The Hall–Kier alpha value is -1.69. The van der Waals surface area contributed by atoms with Crippen LogP contribution in [0.5, 0.6) is 0 Å². The predicted octanol–water partition coefficient (Wildman–Crippen LogP) is 6.30. The number of ether oxygens (including phenoxy) is 1. The molecule has 0 spiro atoms. The fraction of sp³-hybridized carbons (Fsp3) is 0.735. The van der Waals surface area contributed by atoms with Gasteiger partial charge in [0.1, 0.15) is 6.10 Å². The molecule has 0 amide bonds. The molecule has 1 heterocycles. The van der Waals surface area contributed by atoms with E-state index < -0.39 is 12.2 Å². The van der Waals surface area contributed by atoms with Gasteiger partial charge in [0, 0.05) is 24.0 Å². The highest BCUT2D eigenvalue weighted by Gasteiger charge is 2.52. The Bertz CT molecular complexity index is 992. The summed E-state index contributed by atoms with van der Waals surface area (Å²) in [6.45, 7) is 17.5. The molecule has 3 aliphatic carbocycles. The number of carbonyl (C=O) groups excluding carboxylic acids is 1. The molecule has 1 aliphatic heterocycles. The van der Waals surface area contributed by atoms with Crippen LogP contribution in [-0.2, 0) is 9.53 Å². The van der Waals surface area contributed by atoms with E-state index in [-0.39, 0.29) is 35.9 Å². The normalized spacial score (nSPS) is 40.0. The smallest absolute Gasteiger partial charge is 0.334 e. The second-order valence-electron chi connectivity index (χ2n) is 13.7. The molecule has 0 aromatic rings.